The zero-order chi connectivity index (χ0) is 20.1. The first-order chi connectivity index (χ1) is 13.5. The minimum Gasteiger partial charge on any atom is -0.495 e. The van der Waals surface area contributed by atoms with Gasteiger partial charge in [-0.1, -0.05) is 6.07 Å². The number of carbonyl (C=O) groups excluding carboxylic acids is 2. The minimum absolute atomic E-state index is 0.0724. The lowest BCUT2D eigenvalue weighted by atomic mass is 10.1. The third-order valence-corrected chi connectivity index (χ3v) is 5.41. The average molecular weight is 390 g/mol. The number of anilines is 1. The predicted molar refractivity (Wildman–Crippen MR) is 107 cm³/mol. The Morgan fingerprint density at radius 1 is 1.07 bits per heavy atom. The predicted octanol–water partition coefficient (Wildman–Crippen LogP) is 1.40. The van der Waals surface area contributed by atoms with Crippen LogP contribution in [0.15, 0.2) is 18.2 Å². The highest BCUT2D eigenvalue weighted by molar-refractivity contribution is 5.96. The van der Waals surface area contributed by atoms with E-state index in [0.717, 1.165) is 5.56 Å². The van der Waals surface area contributed by atoms with Gasteiger partial charge >= 0.3 is 6.03 Å². The number of ether oxygens (including phenoxy) is 2. The summed E-state index contributed by atoms with van der Waals surface area (Å²) in [4.78, 5) is 31.2. The third-order valence-electron chi connectivity index (χ3n) is 5.41. The first-order valence-corrected chi connectivity index (χ1v) is 9.80. The van der Waals surface area contributed by atoms with E-state index in [2.05, 4.69) is 10.2 Å². The molecule has 2 heterocycles. The van der Waals surface area contributed by atoms with Crippen LogP contribution in [0.4, 0.5) is 10.5 Å². The van der Waals surface area contributed by atoms with Crippen LogP contribution >= 0.6 is 0 Å². The van der Waals surface area contributed by atoms with Crippen LogP contribution < -0.4 is 10.1 Å². The summed E-state index contributed by atoms with van der Waals surface area (Å²) in [5, 5.41) is 2.98. The number of nitrogens with one attached hydrogen (secondary N) is 1. The standard InChI is InChI=1S/C20H30N4O4/c1-15-4-5-18(27-3)17(14-15)21-19(25)16(2)22-6-8-23(9-7-22)20(26)24-10-12-28-13-11-24/h4-5,14,16H,6-13H2,1-3H3,(H,21,25). The van der Waals surface area contributed by atoms with Crippen LogP contribution in [0, 0.1) is 6.92 Å². The van der Waals surface area contributed by atoms with E-state index in [1.54, 1.807) is 7.11 Å². The summed E-state index contributed by atoms with van der Waals surface area (Å²) < 4.78 is 10.6. The molecule has 0 aliphatic carbocycles. The second kappa shape index (κ2) is 9.25. The van der Waals surface area contributed by atoms with Gasteiger partial charge in [0.1, 0.15) is 5.75 Å². The number of methoxy groups -OCH3 is 1. The minimum atomic E-state index is -0.286. The molecule has 2 aliphatic heterocycles. The Hall–Kier alpha value is -2.32. The Morgan fingerprint density at radius 2 is 1.71 bits per heavy atom. The van der Waals surface area contributed by atoms with Gasteiger partial charge in [0.2, 0.25) is 5.91 Å². The molecule has 0 radical (unpaired) electrons. The number of benzene rings is 1. The first-order valence-electron chi connectivity index (χ1n) is 9.80. The molecule has 3 rings (SSSR count). The van der Waals surface area contributed by atoms with E-state index in [9.17, 15) is 9.59 Å². The zero-order valence-corrected chi connectivity index (χ0v) is 16.9. The normalized spacial score (nSPS) is 19.2. The van der Waals surface area contributed by atoms with E-state index in [4.69, 9.17) is 9.47 Å². The molecule has 1 aromatic rings. The highest BCUT2D eigenvalue weighted by atomic mass is 16.5. The smallest absolute Gasteiger partial charge is 0.320 e. The molecule has 1 aromatic carbocycles. The summed E-state index contributed by atoms with van der Waals surface area (Å²) in [5.74, 6) is 0.573. The van der Waals surface area contributed by atoms with Gasteiger partial charge < -0.3 is 24.6 Å². The van der Waals surface area contributed by atoms with Gasteiger partial charge in [-0.25, -0.2) is 4.79 Å². The van der Waals surface area contributed by atoms with Gasteiger partial charge in [0.05, 0.1) is 32.1 Å². The lowest BCUT2D eigenvalue weighted by Crippen LogP contribution is -2.57. The van der Waals surface area contributed by atoms with E-state index in [1.807, 2.05) is 41.8 Å². The molecule has 0 spiro atoms. The van der Waals surface area contributed by atoms with Crippen LogP contribution in [0.3, 0.4) is 0 Å². The SMILES string of the molecule is COc1ccc(C)cc1NC(=O)C(C)N1CCN(C(=O)N2CCOCC2)CC1. The second-order valence-electron chi connectivity index (χ2n) is 7.27. The molecular weight excluding hydrogens is 360 g/mol. The number of morpholine rings is 1. The number of nitrogens with zero attached hydrogens (tertiary/aromatic N) is 3. The first kappa shape index (κ1) is 20.4. The lowest BCUT2D eigenvalue weighted by molar-refractivity contribution is -0.121. The topological polar surface area (TPSA) is 74.4 Å². The zero-order valence-electron chi connectivity index (χ0n) is 16.9. The van der Waals surface area contributed by atoms with Gasteiger partial charge in [-0.2, -0.15) is 0 Å². The van der Waals surface area contributed by atoms with Crippen molar-refractivity contribution >= 4 is 17.6 Å². The average Bonchev–Trinajstić information content (AvgIpc) is 2.73. The Bertz CT molecular complexity index is 697. The van der Waals surface area contributed by atoms with Gasteiger partial charge in [-0.05, 0) is 31.5 Å². The number of hydrogen-bond acceptors (Lipinski definition) is 5. The van der Waals surface area contributed by atoms with E-state index >= 15 is 0 Å². The van der Waals surface area contributed by atoms with E-state index < -0.39 is 0 Å². The monoisotopic (exact) mass is 390 g/mol. The van der Waals surface area contributed by atoms with Crippen LogP contribution in [-0.4, -0.2) is 92.3 Å². The molecule has 8 nitrogen and oxygen atoms in total. The molecule has 1 unspecified atom stereocenters. The number of carbonyl (C=O) groups is 2. The molecule has 28 heavy (non-hydrogen) atoms. The summed E-state index contributed by atoms with van der Waals surface area (Å²) in [6.07, 6.45) is 0. The fraction of sp³-hybridized carbons (Fsp3) is 0.600. The summed E-state index contributed by atoms with van der Waals surface area (Å²) in [6, 6.07) is 5.49. The van der Waals surface area contributed by atoms with Crippen molar-refractivity contribution < 1.29 is 19.1 Å². The fourth-order valence-corrected chi connectivity index (χ4v) is 3.58. The van der Waals surface area contributed by atoms with Crippen LogP contribution in [-0.2, 0) is 9.53 Å². The highest BCUT2D eigenvalue weighted by Crippen LogP contribution is 2.25. The maximum Gasteiger partial charge on any atom is 0.320 e. The van der Waals surface area contributed by atoms with Crippen molar-refractivity contribution in [2.24, 2.45) is 0 Å². The van der Waals surface area contributed by atoms with E-state index in [0.29, 0.717) is 63.9 Å². The number of urea groups is 1. The molecule has 2 fully saturated rings. The summed E-state index contributed by atoms with van der Waals surface area (Å²) >= 11 is 0. The summed E-state index contributed by atoms with van der Waals surface area (Å²) in [6.45, 7) is 8.98. The van der Waals surface area contributed by atoms with Gasteiger partial charge in [0.25, 0.3) is 0 Å². The summed E-state index contributed by atoms with van der Waals surface area (Å²) in [7, 11) is 1.59. The van der Waals surface area contributed by atoms with Crippen molar-refractivity contribution in [3.63, 3.8) is 0 Å². The molecule has 0 bridgehead atoms. The molecule has 154 valence electrons. The number of aryl methyl sites for hydroxylation is 1. The van der Waals surface area contributed by atoms with Gasteiger partial charge in [0, 0.05) is 39.3 Å². The molecule has 2 saturated heterocycles. The van der Waals surface area contributed by atoms with Gasteiger partial charge in [-0.3, -0.25) is 9.69 Å². The number of rotatable bonds is 4. The van der Waals surface area contributed by atoms with Crippen molar-refractivity contribution in [1.29, 1.82) is 0 Å². The molecule has 3 amide bonds. The maximum atomic E-state index is 12.7. The number of amides is 3. The van der Waals surface area contributed by atoms with Crippen LogP contribution in [0.2, 0.25) is 0 Å². The Kier molecular flexibility index (Phi) is 6.74. The molecule has 2 aliphatic rings. The number of piperazine rings is 1. The Balaban J connectivity index is 1.53. The van der Waals surface area contributed by atoms with Gasteiger partial charge in [0.15, 0.2) is 0 Å². The third kappa shape index (κ3) is 4.74. The molecule has 8 heteroatoms. The van der Waals surface area contributed by atoms with E-state index in [1.165, 1.54) is 0 Å². The number of hydrogen-bond donors (Lipinski definition) is 1. The molecule has 1 N–H and O–H groups in total. The van der Waals surface area contributed by atoms with Crippen molar-refractivity contribution in [2.75, 3.05) is 64.9 Å². The highest BCUT2D eigenvalue weighted by Gasteiger charge is 2.30. The maximum absolute atomic E-state index is 12.7. The largest absolute Gasteiger partial charge is 0.495 e. The molecular formula is C20H30N4O4. The molecule has 0 aromatic heterocycles. The molecule has 1 atom stereocenters. The van der Waals surface area contributed by atoms with Crippen LogP contribution in [0.25, 0.3) is 0 Å². The van der Waals surface area contributed by atoms with Crippen LogP contribution in [0.1, 0.15) is 12.5 Å². The van der Waals surface area contributed by atoms with Gasteiger partial charge in [-0.15, -0.1) is 0 Å². The van der Waals surface area contributed by atoms with E-state index in [-0.39, 0.29) is 18.0 Å². The Labute approximate surface area is 166 Å². The van der Waals surface area contributed by atoms with Crippen molar-refractivity contribution in [1.82, 2.24) is 14.7 Å². The second-order valence-corrected chi connectivity index (χ2v) is 7.27. The quantitative estimate of drug-likeness (QED) is 0.841. The summed E-state index contributed by atoms with van der Waals surface area (Å²) in [5.41, 5.74) is 1.74. The van der Waals surface area contributed by atoms with Crippen molar-refractivity contribution in [3.05, 3.63) is 23.8 Å². The lowest BCUT2D eigenvalue weighted by Gasteiger charge is -2.40. The van der Waals surface area contributed by atoms with Crippen molar-refractivity contribution in [2.45, 2.75) is 19.9 Å². The van der Waals surface area contributed by atoms with Crippen LogP contribution in [0.5, 0.6) is 5.75 Å². The van der Waals surface area contributed by atoms with Crippen molar-refractivity contribution in [3.8, 4) is 5.75 Å². The Morgan fingerprint density at radius 3 is 2.36 bits per heavy atom. The fourth-order valence-electron chi connectivity index (χ4n) is 3.58. The molecule has 0 saturated carbocycles.